The van der Waals surface area contributed by atoms with Crippen molar-refractivity contribution in [3.05, 3.63) is 64.7 Å². The number of nitrogens with zero attached hydrogens (tertiary/aromatic N) is 1. The van der Waals surface area contributed by atoms with Gasteiger partial charge in [0, 0.05) is 25.2 Å². The molecular formula is C22H22F6N2O3. The molecule has 1 fully saturated rings. The van der Waals surface area contributed by atoms with Gasteiger partial charge in [0.15, 0.2) is 0 Å². The smallest absolute Gasteiger partial charge is 0.416 e. The topological polar surface area (TPSA) is 50.8 Å². The lowest BCUT2D eigenvalue weighted by molar-refractivity contribution is -0.143. The second-order valence-corrected chi connectivity index (χ2v) is 7.44. The third-order valence-electron chi connectivity index (χ3n) is 5.29. The molecule has 1 heterocycles. The largest absolute Gasteiger partial charge is 0.497 e. The first-order valence-corrected chi connectivity index (χ1v) is 10.0. The lowest BCUT2D eigenvalue weighted by Crippen LogP contribution is -2.43. The minimum absolute atomic E-state index is 0.00925. The summed E-state index contributed by atoms with van der Waals surface area (Å²) in [6.07, 6.45) is -10.1. The molecule has 33 heavy (non-hydrogen) atoms. The average molecular weight is 476 g/mol. The first-order valence-electron chi connectivity index (χ1n) is 10.0. The van der Waals surface area contributed by atoms with Gasteiger partial charge in [-0.05, 0) is 35.9 Å². The Kier molecular flexibility index (Phi) is 7.53. The third kappa shape index (κ3) is 6.38. The van der Waals surface area contributed by atoms with Crippen LogP contribution < -0.4 is 10.1 Å². The number of ether oxygens (including phenoxy) is 2. The summed E-state index contributed by atoms with van der Waals surface area (Å²) in [5, 5.41) is 2.49. The molecule has 1 atom stereocenters. The second-order valence-electron chi connectivity index (χ2n) is 7.44. The molecule has 1 aliphatic heterocycles. The van der Waals surface area contributed by atoms with Crippen molar-refractivity contribution in [2.45, 2.75) is 18.4 Å². The summed E-state index contributed by atoms with van der Waals surface area (Å²) in [6.45, 7) is 2.00. The summed E-state index contributed by atoms with van der Waals surface area (Å²) in [4.78, 5) is 14.6. The average Bonchev–Trinajstić information content (AvgIpc) is 2.78. The van der Waals surface area contributed by atoms with Gasteiger partial charge in [0.2, 0.25) is 0 Å². The first-order chi connectivity index (χ1) is 15.5. The maximum atomic E-state index is 13.1. The molecule has 2 aromatic carbocycles. The maximum Gasteiger partial charge on any atom is 0.416 e. The van der Waals surface area contributed by atoms with E-state index in [0.717, 1.165) is 5.56 Å². The van der Waals surface area contributed by atoms with Crippen LogP contribution in [0, 0.1) is 0 Å². The van der Waals surface area contributed by atoms with E-state index in [1.165, 1.54) is 7.11 Å². The van der Waals surface area contributed by atoms with Gasteiger partial charge in [0.25, 0.3) is 5.91 Å². The monoisotopic (exact) mass is 476 g/mol. The third-order valence-corrected chi connectivity index (χ3v) is 5.29. The van der Waals surface area contributed by atoms with E-state index in [-0.39, 0.29) is 18.7 Å². The van der Waals surface area contributed by atoms with Crippen molar-refractivity contribution in [1.82, 2.24) is 10.2 Å². The number of nitrogens with one attached hydrogen (secondary N) is 1. The molecule has 1 saturated heterocycles. The Balaban J connectivity index is 1.84. The molecule has 5 nitrogen and oxygen atoms in total. The van der Waals surface area contributed by atoms with Crippen LogP contribution in [0.2, 0.25) is 0 Å². The summed E-state index contributed by atoms with van der Waals surface area (Å²) in [6, 6.07) is 7.50. The zero-order valence-corrected chi connectivity index (χ0v) is 17.6. The molecule has 180 valence electrons. The molecule has 0 spiro atoms. The number of halogens is 6. The Bertz CT molecular complexity index is 922. The van der Waals surface area contributed by atoms with Crippen molar-refractivity contribution in [2.24, 2.45) is 0 Å². The highest BCUT2D eigenvalue weighted by molar-refractivity contribution is 5.94. The van der Waals surface area contributed by atoms with Crippen LogP contribution in [-0.4, -0.2) is 50.8 Å². The minimum Gasteiger partial charge on any atom is -0.497 e. The van der Waals surface area contributed by atoms with Gasteiger partial charge in [0.1, 0.15) is 5.75 Å². The van der Waals surface area contributed by atoms with Crippen molar-refractivity contribution in [3.63, 3.8) is 0 Å². The summed E-state index contributed by atoms with van der Waals surface area (Å²) in [5.74, 6) is -0.412. The highest BCUT2D eigenvalue weighted by Gasteiger charge is 2.37. The Hall–Kier alpha value is -2.79. The van der Waals surface area contributed by atoms with E-state index in [9.17, 15) is 31.1 Å². The fraction of sp³-hybridized carbons (Fsp3) is 0.409. The predicted octanol–water partition coefficient (Wildman–Crippen LogP) is 4.54. The van der Waals surface area contributed by atoms with Crippen molar-refractivity contribution < 1.29 is 40.6 Å². The van der Waals surface area contributed by atoms with E-state index >= 15 is 0 Å². The molecule has 0 unspecified atom stereocenters. The molecule has 0 radical (unpaired) electrons. The zero-order chi connectivity index (χ0) is 24.2. The number of carbonyl (C=O) groups excluding carboxylic acids is 1. The highest BCUT2D eigenvalue weighted by atomic mass is 19.4. The number of alkyl halides is 6. The van der Waals surface area contributed by atoms with Crippen molar-refractivity contribution in [2.75, 3.05) is 40.0 Å². The molecule has 0 aromatic heterocycles. The normalized spacial score (nSPS) is 16.3. The number of amides is 1. The van der Waals surface area contributed by atoms with Crippen LogP contribution >= 0.6 is 0 Å². The lowest BCUT2D eigenvalue weighted by atomic mass is 10.0. The molecule has 1 amide bonds. The number of hydrogen-bond donors (Lipinski definition) is 1. The summed E-state index contributed by atoms with van der Waals surface area (Å²) in [5.41, 5.74) is -2.99. The lowest BCUT2D eigenvalue weighted by Gasteiger charge is -2.35. The number of morpholine rings is 1. The standard InChI is InChI=1S/C22H22F6N2O3/c1-32-18-4-2-14(3-5-18)19(30-6-8-33-9-7-30)13-29-20(31)15-10-16(21(23,24)25)12-17(11-15)22(26,27)28/h2-5,10-12,19H,6-9,13H2,1H3,(H,29,31)/t19-/m0/s1. The first kappa shape index (κ1) is 24.8. The molecular weight excluding hydrogens is 454 g/mol. The molecule has 0 aliphatic carbocycles. The van der Waals surface area contributed by atoms with Gasteiger partial charge >= 0.3 is 12.4 Å². The molecule has 11 heteroatoms. The number of carbonyl (C=O) groups is 1. The van der Waals surface area contributed by atoms with E-state index in [1.807, 2.05) is 4.90 Å². The van der Waals surface area contributed by atoms with Gasteiger partial charge in [-0.1, -0.05) is 12.1 Å². The molecule has 1 N–H and O–H groups in total. The quantitative estimate of drug-likeness (QED) is 0.623. The number of rotatable bonds is 6. The fourth-order valence-corrected chi connectivity index (χ4v) is 3.55. The summed E-state index contributed by atoms with van der Waals surface area (Å²) in [7, 11) is 1.51. The highest BCUT2D eigenvalue weighted by Crippen LogP contribution is 2.36. The Morgan fingerprint density at radius 2 is 1.55 bits per heavy atom. The van der Waals surface area contributed by atoms with Gasteiger partial charge < -0.3 is 14.8 Å². The van der Waals surface area contributed by atoms with E-state index in [2.05, 4.69) is 5.32 Å². The Morgan fingerprint density at radius 3 is 2.03 bits per heavy atom. The molecule has 2 aromatic rings. The fourth-order valence-electron chi connectivity index (χ4n) is 3.55. The van der Waals surface area contributed by atoms with Crippen LogP contribution in [0.15, 0.2) is 42.5 Å². The van der Waals surface area contributed by atoms with Crippen molar-refractivity contribution in [1.29, 1.82) is 0 Å². The van der Waals surface area contributed by atoms with Gasteiger partial charge in [0.05, 0.1) is 37.5 Å². The summed E-state index contributed by atoms with van der Waals surface area (Å²) >= 11 is 0. The van der Waals surface area contributed by atoms with Gasteiger partial charge in [-0.3, -0.25) is 9.69 Å². The predicted molar refractivity (Wildman–Crippen MR) is 107 cm³/mol. The van der Waals surface area contributed by atoms with Crippen LogP contribution in [0.1, 0.15) is 33.1 Å². The summed E-state index contributed by atoms with van der Waals surface area (Å²) < 4.78 is 89.2. The zero-order valence-electron chi connectivity index (χ0n) is 17.6. The molecule has 0 bridgehead atoms. The van der Waals surface area contributed by atoms with Crippen molar-refractivity contribution >= 4 is 5.91 Å². The van der Waals surface area contributed by atoms with Crippen LogP contribution in [0.4, 0.5) is 26.3 Å². The van der Waals surface area contributed by atoms with Crippen LogP contribution in [0.5, 0.6) is 5.75 Å². The van der Waals surface area contributed by atoms with Crippen LogP contribution in [-0.2, 0) is 17.1 Å². The van der Waals surface area contributed by atoms with Crippen LogP contribution in [0.25, 0.3) is 0 Å². The molecule has 0 saturated carbocycles. The van der Waals surface area contributed by atoms with Gasteiger partial charge in [-0.25, -0.2) is 0 Å². The van der Waals surface area contributed by atoms with E-state index in [4.69, 9.17) is 9.47 Å². The van der Waals surface area contributed by atoms with E-state index in [0.29, 0.717) is 44.2 Å². The van der Waals surface area contributed by atoms with E-state index in [1.54, 1.807) is 24.3 Å². The number of benzene rings is 2. The molecule has 3 rings (SSSR count). The molecule has 1 aliphatic rings. The van der Waals surface area contributed by atoms with Crippen molar-refractivity contribution in [3.8, 4) is 5.75 Å². The van der Waals surface area contributed by atoms with Gasteiger partial charge in [-0.2, -0.15) is 26.3 Å². The number of hydrogen-bond acceptors (Lipinski definition) is 4. The van der Waals surface area contributed by atoms with E-state index < -0.39 is 35.0 Å². The SMILES string of the molecule is COc1ccc([C@H](CNC(=O)c2cc(C(F)(F)F)cc(C(F)(F)F)c2)N2CCOCC2)cc1. The van der Waals surface area contributed by atoms with Gasteiger partial charge in [-0.15, -0.1) is 0 Å². The maximum absolute atomic E-state index is 13.1. The second kappa shape index (κ2) is 10.0. The Labute approximate surface area is 186 Å². The minimum atomic E-state index is -5.03. The number of methoxy groups -OCH3 is 1. The Morgan fingerprint density at radius 1 is 1.00 bits per heavy atom. The van der Waals surface area contributed by atoms with Crippen LogP contribution in [0.3, 0.4) is 0 Å².